The average molecular weight is 418 g/mol. The minimum absolute atomic E-state index is 0.161. The van der Waals surface area contributed by atoms with Gasteiger partial charge in [-0.25, -0.2) is 8.42 Å². The van der Waals surface area contributed by atoms with Crippen LogP contribution >= 0.6 is 11.6 Å². The number of halogens is 1. The zero-order valence-corrected chi connectivity index (χ0v) is 16.6. The average Bonchev–Trinajstić information content (AvgIpc) is 3.16. The molecule has 28 heavy (non-hydrogen) atoms. The van der Waals surface area contributed by atoms with E-state index in [0.717, 1.165) is 10.9 Å². The lowest BCUT2D eigenvalue weighted by molar-refractivity contribution is -0.120. The van der Waals surface area contributed by atoms with Crippen LogP contribution < -0.4 is 5.32 Å². The molecule has 2 aromatic carbocycles. The number of nitrogens with zero attached hydrogens (tertiary/aromatic N) is 1. The molecule has 0 bridgehead atoms. The van der Waals surface area contributed by atoms with Crippen LogP contribution in [0.4, 0.5) is 5.69 Å². The molecule has 0 unspecified atom stereocenters. The number of aromatic nitrogens is 1. The van der Waals surface area contributed by atoms with Gasteiger partial charge in [0.1, 0.15) is 0 Å². The molecule has 8 heteroatoms. The molecular weight excluding hydrogens is 398 g/mol. The summed E-state index contributed by atoms with van der Waals surface area (Å²) in [6, 6.07) is 13.7. The first-order chi connectivity index (χ1) is 13.4. The number of aromatic amines is 1. The van der Waals surface area contributed by atoms with Crippen LogP contribution in [0.15, 0.2) is 59.6 Å². The SMILES string of the molecule is O=C(Nc1ccc2[nH]ccc2c1)[C@H]1CCCN(S(=O)(=O)c2ccc(Cl)cc2)C1. The molecule has 0 spiro atoms. The van der Waals surface area contributed by atoms with Gasteiger partial charge in [0.15, 0.2) is 0 Å². The van der Waals surface area contributed by atoms with Gasteiger partial charge >= 0.3 is 0 Å². The third-order valence-electron chi connectivity index (χ3n) is 5.03. The first kappa shape index (κ1) is 19.0. The van der Waals surface area contributed by atoms with Crippen molar-refractivity contribution in [3.63, 3.8) is 0 Å². The Hall–Kier alpha value is -2.35. The fourth-order valence-corrected chi connectivity index (χ4v) is 5.16. The van der Waals surface area contributed by atoms with Gasteiger partial charge in [-0.15, -0.1) is 0 Å². The van der Waals surface area contributed by atoms with Crippen molar-refractivity contribution in [2.45, 2.75) is 17.7 Å². The predicted molar refractivity (Wildman–Crippen MR) is 110 cm³/mol. The van der Waals surface area contributed by atoms with Gasteiger partial charge in [0, 0.05) is 40.9 Å². The lowest BCUT2D eigenvalue weighted by Crippen LogP contribution is -2.43. The summed E-state index contributed by atoms with van der Waals surface area (Å²) in [6.07, 6.45) is 3.14. The maximum absolute atomic E-state index is 12.9. The highest BCUT2D eigenvalue weighted by Gasteiger charge is 2.33. The number of amides is 1. The molecule has 1 atom stereocenters. The Morgan fingerprint density at radius 3 is 2.71 bits per heavy atom. The first-order valence-corrected chi connectivity index (χ1v) is 10.9. The quantitative estimate of drug-likeness (QED) is 0.676. The minimum atomic E-state index is -3.65. The van der Waals surface area contributed by atoms with Crippen LogP contribution in [0.1, 0.15) is 12.8 Å². The second-order valence-corrected chi connectivity index (χ2v) is 9.30. The maximum Gasteiger partial charge on any atom is 0.243 e. The number of sulfonamides is 1. The normalized spacial score (nSPS) is 18.2. The summed E-state index contributed by atoms with van der Waals surface area (Å²) >= 11 is 5.86. The topological polar surface area (TPSA) is 82.3 Å². The van der Waals surface area contributed by atoms with E-state index in [2.05, 4.69) is 10.3 Å². The smallest absolute Gasteiger partial charge is 0.243 e. The number of carbonyl (C=O) groups is 1. The van der Waals surface area contributed by atoms with E-state index in [4.69, 9.17) is 11.6 Å². The van der Waals surface area contributed by atoms with Crippen molar-refractivity contribution < 1.29 is 13.2 Å². The fourth-order valence-electron chi connectivity index (χ4n) is 3.51. The predicted octanol–water partition coefficient (Wildman–Crippen LogP) is 3.86. The Kier molecular flexibility index (Phi) is 5.14. The minimum Gasteiger partial charge on any atom is -0.361 e. The van der Waals surface area contributed by atoms with Gasteiger partial charge in [-0.3, -0.25) is 4.79 Å². The van der Waals surface area contributed by atoms with Crippen LogP contribution in [0, 0.1) is 5.92 Å². The number of carbonyl (C=O) groups excluding carboxylic acids is 1. The summed E-state index contributed by atoms with van der Waals surface area (Å²) in [5, 5.41) is 4.41. The van der Waals surface area contributed by atoms with Crippen LogP contribution in [0.5, 0.6) is 0 Å². The van der Waals surface area contributed by atoms with Crippen LogP contribution in [0.2, 0.25) is 5.02 Å². The monoisotopic (exact) mass is 417 g/mol. The van der Waals surface area contributed by atoms with E-state index >= 15 is 0 Å². The number of fused-ring (bicyclic) bond motifs is 1. The Labute approximate surface area is 168 Å². The number of hydrogen-bond donors (Lipinski definition) is 2. The van der Waals surface area contributed by atoms with E-state index in [1.165, 1.54) is 16.4 Å². The number of benzene rings is 2. The molecule has 1 fully saturated rings. The molecule has 1 saturated heterocycles. The van der Waals surface area contributed by atoms with Gasteiger partial charge < -0.3 is 10.3 Å². The highest BCUT2D eigenvalue weighted by Crippen LogP contribution is 2.26. The second-order valence-electron chi connectivity index (χ2n) is 6.93. The third kappa shape index (κ3) is 3.78. The van der Waals surface area contributed by atoms with E-state index in [9.17, 15) is 13.2 Å². The highest BCUT2D eigenvalue weighted by molar-refractivity contribution is 7.89. The number of rotatable bonds is 4. The third-order valence-corrected chi connectivity index (χ3v) is 7.16. The van der Waals surface area contributed by atoms with Gasteiger partial charge in [-0.2, -0.15) is 4.31 Å². The van der Waals surface area contributed by atoms with Crippen LogP contribution in [-0.4, -0.2) is 36.7 Å². The first-order valence-electron chi connectivity index (χ1n) is 9.07. The molecule has 146 valence electrons. The highest BCUT2D eigenvalue weighted by atomic mass is 35.5. The van der Waals surface area contributed by atoms with E-state index in [0.29, 0.717) is 30.1 Å². The van der Waals surface area contributed by atoms with E-state index in [1.807, 2.05) is 30.5 Å². The molecule has 6 nitrogen and oxygen atoms in total. The molecule has 0 radical (unpaired) electrons. The molecule has 1 aliphatic rings. The second kappa shape index (κ2) is 7.58. The van der Waals surface area contributed by atoms with E-state index in [-0.39, 0.29) is 17.3 Å². The van der Waals surface area contributed by atoms with Crippen molar-refractivity contribution in [1.82, 2.24) is 9.29 Å². The van der Waals surface area contributed by atoms with Crippen molar-refractivity contribution in [2.24, 2.45) is 5.92 Å². The largest absolute Gasteiger partial charge is 0.361 e. The number of piperidine rings is 1. The summed E-state index contributed by atoms with van der Waals surface area (Å²) in [5.41, 5.74) is 1.70. The Morgan fingerprint density at radius 1 is 1.14 bits per heavy atom. The summed E-state index contributed by atoms with van der Waals surface area (Å²) in [5.74, 6) is -0.552. The van der Waals surface area contributed by atoms with Crippen molar-refractivity contribution >= 4 is 44.1 Å². The molecular formula is C20H20ClN3O3S. The lowest BCUT2D eigenvalue weighted by atomic mass is 9.98. The van der Waals surface area contributed by atoms with Crippen molar-refractivity contribution in [3.8, 4) is 0 Å². The molecule has 2 heterocycles. The van der Waals surface area contributed by atoms with Gasteiger partial charge in [0.05, 0.1) is 10.8 Å². The summed E-state index contributed by atoms with van der Waals surface area (Å²) in [6.45, 7) is 0.577. The number of nitrogens with one attached hydrogen (secondary N) is 2. The zero-order chi connectivity index (χ0) is 19.7. The summed E-state index contributed by atoms with van der Waals surface area (Å²) in [7, 11) is -3.65. The number of hydrogen-bond acceptors (Lipinski definition) is 3. The van der Waals surface area contributed by atoms with E-state index in [1.54, 1.807) is 12.1 Å². The molecule has 0 aliphatic carbocycles. The van der Waals surface area contributed by atoms with Crippen molar-refractivity contribution in [2.75, 3.05) is 18.4 Å². The molecule has 1 amide bonds. The molecule has 1 aromatic heterocycles. The van der Waals surface area contributed by atoms with Crippen molar-refractivity contribution in [1.29, 1.82) is 0 Å². The van der Waals surface area contributed by atoms with Crippen LogP contribution in [0.25, 0.3) is 10.9 Å². The lowest BCUT2D eigenvalue weighted by Gasteiger charge is -2.31. The molecule has 1 aliphatic heterocycles. The Balaban J connectivity index is 1.48. The van der Waals surface area contributed by atoms with E-state index < -0.39 is 15.9 Å². The summed E-state index contributed by atoms with van der Waals surface area (Å²) in [4.78, 5) is 16.0. The molecule has 4 rings (SSSR count). The summed E-state index contributed by atoms with van der Waals surface area (Å²) < 4.78 is 27.2. The molecule has 0 saturated carbocycles. The number of H-pyrrole nitrogens is 1. The Bertz CT molecular complexity index is 1110. The van der Waals surface area contributed by atoms with Crippen LogP contribution in [0.3, 0.4) is 0 Å². The number of anilines is 1. The van der Waals surface area contributed by atoms with Gasteiger partial charge in [-0.05, 0) is 61.4 Å². The van der Waals surface area contributed by atoms with Gasteiger partial charge in [0.2, 0.25) is 15.9 Å². The standard InChI is InChI=1S/C20H20ClN3O3S/c21-16-3-6-18(7-4-16)28(26,27)24-11-1-2-15(13-24)20(25)23-17-5-8-19-14(12-17)9-10-22-19/h3-10,12,15,22H,1-2,11,13H2,(H,23,25)/t15-/m0/s1. The van der Waals surface area contributed by atoms with Gasteiger partial charge in [0.25, 0.3) is 0 Å². The molecule has 3 aromatic rings. The fraction of sp³-hybridized carbons (Fsp3) is 0.250. The van der Waals surface area contributed by atoms with Crippen LogP contribution in [-0.2, 0) is 14.8 Å². The molecule has 2 N–H and O–H groups in total. The Morgan fingerprint density at radius 2 is 1.93 bits per heavy atom. The van der Waals surface area contributed by atoms with Gasteiger partial charge in [-0.1, -0.05) is 11.6 Å². The maximum atomic E-state index is 12.9. The van der Waals surface area contributed by atoms with Crippen molar-refractivity contribution in [3.05, 3.63) is 59.8 Å². The zero-order valence-electron chi connectivity index (χ0n) is 15.1.